The zero-order chi connectivity index (χ0) is 26.2. The van der Waals surface area contributed by atoms with Crippen LogP contribution in [-0.2, 0) is 25.8 Å². The first kappa shape index (κ1) is 25.0. The van der Waals surface area contributed by atoms with E-state index in [0.29, 0.717) is 22.6 Å². The number of aliphatic hydroxyl groups is 2. The van der Waals surface area contributed by atoms with Crippen LogP contribution in [-0.4, -0.2) is 22.2 Å². The molecule has 6 heteroatoms. The van der Waals surface area contributed by atoms with E-state index in [1.165, 1.54) is 0 Å². The van der Waals surface area contributed by atoms with Gasteiger partial charge in [-0.1, -0.05) is 72.9 Å². The molecule has 1 saturated carbocycles. The Balaban J connectivity index is 1.79. The molecule has 0 bridgehead atoms. The largest absolute Gasteiger partial charge is 0.424 e. The van der Waals surface area contributed by atoms with E-state index in [0.717, 1.165) is 54.4 Å². The Morgan fingerprint density at radius 3 is 1.44 bits per heavy atom. The monoisotopic (exact) mass is 492 g/mol. The molecule has 0 amide bonds. The van der Waals surface area contributed by atoms with Gasteiger partial charge in [-0.25, -0.2) is 9.59 Å². The summed E-state index contributed by atoms with van der Waals surface area (Å²) >= 11 is 0. The molecule has 2 unspecified atom stereocenters. The fraction of sp³-hybridized carbons (Fsp3) is 0.533. The van der Waals surface area contributed by atoms with Crippen LogP contribution in [0.2, 0.25) is 0 Å². The number of fused-ring (bicyclic) bond motifs is 2. The second kappa shape index (κ2) is 8.15. The molecule has 192 valence electrons. The van der Waals surface area contributed by atoms with E-state index in [2.05, 4.69) is 53.7 Å². The van der Waals surface area contributed by atoms with Gasteiger partial charge in [0, 0.05) is 27.7 Å². The van der Waals surface area contributed by atoms with E-state index >= 15 is 0 Å². The van der Waals surface area contributed by atoms with Crippen molar-refractivity contribution in [2.24, 2.45) is 0 Å². The minimum Gasteiger partial charge on any atom is -0.424 e. The second-order valence-electron chi connectivity index (χ2n) is 12.7. The average molecular weight is 493 g/mol. The van der Waals surface area contributed by atoms with Crippen LogP contribution >= 0.6 is 0 Å². The number of rotatable bonds is 2. The quantitative estimate of drug-likeness (QED) is 0.429. The van der Waals surface area contributed by atoms with E-state index < -0.39 is 29.6 Å². The fourth-order valence-corrected chi connectivity index (χ4v) is 6.07. The van der Waals surface area contributed by atoms with Gasteiger partial charge in [-0.05, 0) is 46.9 Å². The molecule has 2 N–H and O–H groups in total. The molecule has 0 saturated heterocycles. The Bertz CT molecular complexity index is 1160. The van der Waals surface area contributed by atoms with Crippen molar-refractivity contribution < 1.29 is 29.3 Å². The topological polar surface area (TPSA) is 93.1 Å². The number of hydrogen-bond acceptors (Lipinski definition) is 6. The van der Waals surface area contributed by atoms with Gasteiger partial charge in [-0.3, -0.25) is 0 Å². The number of carbonyl (C=O) groups excluding carboxylic acids is 2. The molecule has 0 aromatic heterocycles. The normalized spacial score (nSPS) is 23.2. The van der Waals surface area contributed by atoms with Crippen molar-refractivity contribution in [3.8, 4) is 11.5 Å². The van der Waals surface area contributed by atoms with Crippen molar-refractivity contribution in [1.29, 1.82) is 0 Å². The molecule has 6 nitrogen and oxygen atoms in total. The van der Waals surface area contributed by atoms with Crippen LogP contribution in [0.25, 0.3) is 0 Å². The van der Waals surface area contributed by atoms with Crippen molar-refractivity contribution >= 4 is 11.9 Å². The fourth-order valence-electron chi connectivity index (χ4n) is 6.07. The predicted molar refractivity (Wildman–Crippen MR) is 135 cm³/mol. The maximum absolute atomic E-state index is 12.4. The lowest BCUT2D eigenvalue weighted by atomic mass is 9.63. The predicted octanol–water partition coefficient (Wildman–Crippen LogP) is 5.44. The van der Waals surface area contributed by atoms with E-state index in [9.17, 15) is 19.8 Å². The SMILES string of the molecule is CC(C)(C)c1cc(C2(c3cc4c(c(C(C)(C)C)c3)OC(=O)C4O)CCCCC2)cc2c1OC(=O)C2O. The highest BCUT2D eigenvalue weighted by Crippen LogP contribution is 2.53. The molecule has 3 aliphatic rings. The highest BCUT2D eigenvalue weighted by atomic mass is 16.6. The average Bonchev–Trinajstić information content (AvgIpc) is 3.26. The van der Waals surface area contributed by atoms with E-state index in [1.54, 1.807) is 0 Å². The van der Waals surface area contributed by atoms with Gasteiger partial charge >= 0.3 is 11.9 Å². The van der Waals surface area contributed by atoms with Crippen molar-refractivity contribution in [3.05, 3.63) is 57.6 Å². The van der Waals surface area contributed by atoms with Crippen molar-refractivity contribution in [2.75, 3.05) is 0 Å². The Morgan fingerprint density at radius 1 is 0.694 bits per heavy atom. The van der Waals surface area contributed by atoms with Crippen LogP contribution < -0.4 is 9.47 Å². The molecule has 2 atom stereocenters. The third-order valence-corrected chi connectivity index (χ3v) is 8.10. The summed E-state index contributed by atoms with van der Waals surface area (Å²) in [6, 6.07) is 8.15. The van der Waals surface area contributed by atoms with Crippen molar-refractivity contribution in [1.82, 2.24) is 0 Å². The molecule has 2 aliphatic heterocycles. The Kier molecular flexibility index (Phi) is 5.66. The molecule has 5 rings (SSSR count). The maximum Gasteiger partial charge on any atom is 0.345 e. The molecular formula is C30H36O6. The molecule has 2 aromatic carbocycles. The maximum atomic E-state index is 12.4. The summed E-state index contributed by atoms with van der Waals surface area (Å²) in [6.07, 6.45) is 2.34. The van der Waals surface area contributed by atoms with Gasteiger partial charge in [-0.15, -0.1) is 0 Å². The first-order chi connectivity index (χ1) is 16.7. The summed E-state index contributed by atoms with van der Waals surface area (Å²) in [5.74, 6) is -0.352. The van der Waals surface area contributed by atoms with Crippen LogP contribution in [0.5, 0.6) is 11.5 Å². The molecule has 1 aliphatic carbocycles. The molecule has 36 heavy (non-hydrogen) atoms. The van der Waals surface area contributed by atoms with Crippen molar-refractivity contribution in [3.63, 3.8) is 0 Å². The van der Waals surface area contributed by atoms with Crippen LogP contribution in [0.4, 0.5) is 0 Å². The van der Waals surface area contributed by atoms with Gasteiger partial charge in [-0.2, -0.15) is 0 Å². The first-order valence-corrected chi connectivity index (χ1v) is 12.9. The number of hydrogen-bond donors (Lipinski definition) is 2. The second-order valence-corrected chi connectivity index (χ2v) is 12.7. The zero-order valence-corrected chi connectivity index (χ0v) is 22.0. The summed E-state index contributed by atoms with van der Waals surface area (Å²) in [5, 5.41) is 21.4. The lowest BCUT2D eigenvalue weighted by Crippen LogP contribution is -2.32. The number of ether oxygens (including phenoxy) is 2. The third kappa shape index (κ3) is 3.77. The molecule has 1 fully saturated rings. The Morgan fingerprint density at radius 2 is 1.08 bits per heavy atom. The minimum absolute atomic E-state index is 0.314. The van der Waals surface area contributed by atoms with Crippen LogP contribution in [0.3, 0.4) is 0 Å². The smallest absolute Gasteiger partial charge is 0.345 e. The van der Waals surface area contributed by atoms with Gasteiger partial charge in [0.05, 0.1) is 0 Å². The van der Waals surface area contributed by atoms with Gasteiger partial charge in [0.2, 0.25) is 0 Å². The number of aliphatic hydroxyl groups excluding tert-OH is 2. The summed E-state index contributed by atoms with van der Waals surface area (Å²) in [4.78, 5) is 24.7. The molecule has 2 heterocycles. The van der Waals surface area contributed by atoms with Crippen LogP contribution in [0.1, 0.15) is 119 Å². The van der Waals surface area contributed by atoms with Gasteiger partial charge in [0.25, 0.3) is 0 Å². The standard InChI is InChI=1S/C30H36O6/c1-28(2,3)20-14-16(12-18-22(31)26(33)35-24(18)20)30(10-8-7-9-11-30)17-13-19-23(32)27(34)36-25(19)21(15-17)29(4,5)6/h12-15,22-23,31-32H,7-11H2,1-6H3. The van der Waals surface area contributed by atoms with Crippen LogP contribution in [0.15, 0.2) is 24.3 Å². The number of esters is 2. The number of benzene rings is 2. The molecule has 2 aromatic rings. The zero-order valence-electron chi connectivity index (χ0n) is 22.0. The van der Waals surface area contributed by atoms with E-state index in [1.807, 2.05) is 12.1 Å². The molecular weight excluding hydrogens is 456 g/mol. The van der Waals surface area contributed by atoms with E-state index in [4.69, 9.17) is 9.47 Å². The Hall–Kier alpha value is -2.70. The lowest BCUT2D eigenvalue weighted by Gasteiger charge is -2.41. The summed E-state index contributed by atoms with van der Waals surface area (Å²) in [5.41, 5.74) is 3.84. The Labute approximate surface area is 212 Å². The highest BCUT2D eigenvalue weighted by Gasteiger charge is 2.44. The molecule has 0 spiro atoms. The lowest BCUT2D eigenvalue weighted by molar-refractivity contribution is -0.141. The van der Waals surface area contributed by atoms with Crippen LogP contribution in [0, 0.1) is 0 Å². The highest BCUT2D eigenvalue weighted by molar-refractivity contribution is 5.86. The minimum atomic E-state index is -1.31. The van der Waals surface area contributed by atoms with Gasteiger partial charge in [0.15, 0.2) is 12.2 Å². The summed E-state index contributed by atoms with van der Waals surface area (Å²) < 4.78 is 11.1. The third-order valence-electron chi connectivity index (χ3n) is 8.10. The van der Waals surface area contributed by atoms with Gasteiger partial charge < -0.3 is 19.7 Å². The number of carbonyl (C=O) groups is 2. The summed E-state index contributed by atoms with van der Waals surface area (Å²) in [6.45, 7) is 12.4. The summed E-state index contributed by atoms with van der Waals surface area (Å²) in [7, 11) is 0. The van der Waals surface area contributed by atoms with Gasteiger partial charge in [0.1, 0.15) is 11.5 Å². The van der Waals surface area contributed by atoms with E-state index in [-0.39, 0.29) is 10.8 Å². The molecule has 0 radical (unpaired) electrons. The first-order valence-electron chi connectivity index (χ1n) is 12.9. The van der Waals surface area contributed by atoms with Crippen molar-refractivity contribution in [2.45, 2.75) is 102 Å².